The van der Waals surface area contributed by atoms with Crippen molar-refractivity contribution in [1.29, 1.82) is 0 Å². The number of aromatic hydroxyl groups is 1. The number of nitrogens with zero attached hydrogens (tertiary/aromatic N) is 2. The molecule has 17 heteroatoms. The molecule has 2 heterocycles. The summed E-state index contributed by atoms with van der Waals surface area (Å²) in [7, 11) is 0. The molecule has 0 saturated carbocycles. The van der Waals surface area contributed by atoms with Crippen LogP contribution in [0.1, 0.15) is 36.8 Å². The van der Waals surface area contributed by atoms with E-state index in [9.17, 15) is 38.7 Å². The first kappa shape index (κ1) is 39.5. The van der Waals surface area contributed by atoms with E-state index >= 15 is 0 Å². The number of guanidine groups is 1. The lowest BCUT2D eigenvalue weighted by molar-refractivity contribution is -0.143. The van der Waals surface area contributed by atoms with Crippen LogP contribution in [0.25, 0.3) is 0 Å². The fourth-order valence-corrected chi connectivity index (χ4v) is 6.09. The molecule has 0 spiro atoms. The van der Waals surface area contributed by atoms with Crippen LogP contribution < -0.4 is 38.1 Å². The van der Waals surface area contributed by atoms with Gasteiger partial charge in [-0.05, 0) is 55.4 Å². The molecule has 6 amide bonds. The summed E-state index contributed by atoms with van der Waals surface area (Å²) < 4.78 is 0. The van der Waals surface area contributed by atoms with Crippen LogP contribution in [0, 0.1) is 0 Å². The fourth-order valence-electron chi connectivity index (χ4n) is 6.09. The average Bonchev–Trinajstić information content (AvgIpc) is 3.64. The smallest absolute Gasteiger partial charge is 0.290 e. The highest BCUT2D eigenvalue weighted by Crippen LogP contribution is 2.20. The number of hydrogen-bond acceptors (Lipinski definition) is 9. The van der Waals surface area contributed by atoms with E-state index in [2.05, 4.69) is 31.6 Å². The number of phenolic OH excluding ortho intramolecular Hbond substituents is 1. The molecule has 282 valence electrons. The molecule has 0 aromatic heterocycles. The number of nitrogens with two attached hydrogens (primary N) is 2. The van der Waals surface area contributed by atoms with Gasteiger partial charge in [0.2, 0.25) is 35.8 Å². The number of Topliss-reactive ketones (excluding diaryl/α,β-unsaturated/α-hetero) is 1. The Hall–Kier alpha value is -6.26. The zero-order valence-electron chi connectivity index (χ0n) is 29.0. The van der Waals surface area contributed by atoms with Crippen LogP contribution in [0.2, 0.25) is 0 Å². The second-order valence-corrected chi connectivity index (χ2v) is 12.7. The Labute approximate surface area is 306 Å². The molecule has 0 aliphatic carbocycles. The van der Waals surface area contributed by atoms with Gasteiger partial charge in [-0.15, -0.1) is 0 Å². The van der Waals surface area contributed by atoms with Crippen molar-refractivity contribution in [3.8, 4) is 5.75 Å². The third-order valence-corrected chi connectivity index (χ3v) is 8.79. The molecule has 0 radical (unpaired) electrons. The first-order valence-electron chi connectivity index (χ1n) is 17.2. The lowest BCUT2D eigenvalue weighted by atomic mass is 10.0. The minimum absolute atomic E-state index is 0.00634. The van der Waals surface area contributed by atoms with Crippen molar-refractivity contribution in [2.75, 3.05) is 19.6 Å². The van der Waals surface area contributed by atoms with E-state index in [1.165, 1.54) is 23.1 Å². The third kappa shape index (κ3) is 11.9. The summed E-state index contributed by atoms with van der Waals surface area (Å²) >= 11 is 0. The van der Waals surface area contributed by atoms with Crippen LogP contribution in [0.15, 0.2) is 71.7 Å². The first-order valence-corrected chi connectivity index (χ1v) is 17.2. The molecule has 2 aliphatic heterocycles. The number of rotatable bonds is 10. The number of benzene rings is 2. The Balaban J connectivity index is 1.71. The highest BCUT2D eigenvalue weighted by molar-refractivity contribution is 6.38. The zero-order valence-corrected chi connectivity index (χ0v) is 29.0. The predicted molar refractivity (Wildman–Crippen MR) is 193 cm³/mol. The van der Waals surface area contributed by atoms with Crippen molar-refractivity contribution >= 4 is 47.7 Å². The van der Waals surface area contributed by atoms with Gasteiger partial charge in [-0.1, -0.05) is 48.5 Å². The molecule has 0 bridgehead atoms. The van der Waals surface area contributed by atoms with Gasteiger partial charge in [-0.3, -0.25) is 38.6 Å². The normalized spacial score (nSPS) is 23.8. The molecule has 4 rings (SSSR count). The molecule has 5 atom stereocenters. The summed E-state index contributed by atoms with van der Waals surface area (Å²) in [5.74, 6) is -4.95. The Kier molecular flexibility index (Phi) is 14.4. The van der Waals surface area contributed by atoms with E-state index in [0.717, 1.165) is 6.08 Å². The second kappa shape index (κ2) is 19.4. The van der Waals surface area contributed by atoms with Crippen molar-refractivity contribution < 1.29 is 38.7 Å². The molecule has 2 aromatic carbocycles. The van der Waals surface area contributed by atoms with Gasteiger partial charge in [0, 0.05) is 32.1 Å². The highest BCUT2D eigenvalue weighted by atomic mass is 16.3. The van der Waals surface area contributed by atoms with Gasteiger partial charge in [-0.25, -0.2) is 0 Å². The summed E-state index contributed by atoms with van der Waals surface area (Å²) in [5, 5.41) is 22.7. The Morgan fingerprint density at radius 2 is 1.62 bits per heavy atom. The fraction of sp³-hybridized carbons (Fsp3) is 0.389. The van der Waals surface area contributed by atoms with Crippen molar-refractivity contribution in [2.24, 2.45) is 16.5 Å². The summed E-state index contributed by atoms with van der Waals surface area (Å²) in [6, 6.07) is 9.29. The quantitative estimate of drug-likeness (QED) is 0.0440. The van der Waals surface area contributed by atoms with Crippen LogP contribution in [0.4, 0.5) is 0 Å². The van der Waals surface area contributed by atoms with Crippen LogP contribution in [0.3, 0.4) is 0 Å². The van der Waals surface area contributed by atoms with Crippen molar-refractivity contribution in [2.45, 2.75) is 68.7 Å². The minimum Gasteiger partial charge on any atom is -0.508 e. The van der Waals surface area contributed by atoms with Gasteiger partial charge >= 0.3 is 0 Å². The van der Waals surface area contributed by atoms with E-state index in [0.29, 0.717) is 24.0 Å². The molecule has 1 saturated heterocycles. The SMILES string of the molecule is NC(N)=NCCCC1NC(=O)[C@@H]2CCCN2C(=O)[C@@H](NC=O)CNC(=O)/C=C/[C@H](Cc2ccc(O)cc2)NC(=O)[C@@H](Cc2ccccc2)NC(=O)C1=O. The Morgan fingerprint density at radius 1 is 0.906 bits per heavy atom. The summed E-state index contributed by atoms with van der Waals surface area (Å²) in [6.45, 7) is -0.0548. The van der Waals surface area contributed by atoms with Gasteiger partial charge in [0.1, 0.15) is 23.9 Å². The number of hydrogen-bond donors (Lipinski definition) is 8. The number of carbonyl (C=O) groups is 7. The minimum atomic E-state index is -1.37. The zero-order chi connectivity index (χ0) is 38.3. The van der Waals surface area contributed by atoms with Crippen LogP contribution in [-0.2, 0) is 46.4 Å². The van der Waals surface area contributed by atoms with E-state index in [4.69, 9.17) is 11.5 Å². The summed E-state index contributed by atoms with van der Waals surface area (Å²) in [6.07, 6.45) is 3.88. The maximum absolute atomic E-state index is 13.9. The molecular weight excluding hydrogens is 686 g/mol. The molecule has 1 unspecified atom stereocenters. The largest absolute Gasteiger partial charge is 0.508 e. The number of amides is 6. The molecule has 10 N–H and O–H groups in total. The number of phenols is 1. The third-order valence-electron chi connectivity index (χ3n) is 8.79. The summed E-state index contributed by atoms with van der Waals surface area (Å²) in [4.78, 5) is 98.2. The molecule has 1 fully saturated rings. The lowest BCUT2D eigenvalue weighted by Gasteiger charge is -2.29. The topological polar surface area (TPSA) is 268 Å². The van der Waals surface area contributed by atoms with Gasteiger partial charge in [0.05, 0.1) is 12.1 Å². The van der Waals surface area contributed by atoms with Gasteiger partial charge in [0.15, 0.2) is 5.96 Å². The first-order chi connectivity index (χ1) is 25.4. The van der Waals surface area contributed by atoms with Crippen LogP contribution in [0.5, 0.6) is 5.75 Å². The Bertz CT molecular complexity index is 1700. The number of aliphatic imine (C=N–C) groups is 1. The molecule has 2 aliphatic rings. The molecule has 2 aromatic rings. The van der Waals surface area contributed by atoms with E-state index in [1.807, 2.05) is 0 Å². The van der Waals surface area contributed by atoms with Crippen molar-refractivity contribution in [3.63, 3.8) is 0 Å². The van der Waals surface area contributed by atoms with Crippen LogP contribution >= 0.6 is 0 Å². The van der Waals surface area contributed by atoms with Crippen molar-refractivity contribution in [3.05, 3.63) is 77.9 Å². The monoisotopic (exact) mass is 731 g/mol. The summed E-state index contributed by atoms with van der Waals surface area (Å²) in [5.41, 5.74) is 12.2. The van der Waals surface area contributed by atoms with E-state index < -0.39 is 65.5 Å². The lowest BCUT2D eigenvalue weighted by Crippen LogP contribution is -2.58. The predicted octanol–water partition coefficient (Wildman–Crippen LogP) is -1.95. The van der Waals surface area contributed by atoms with Gasteiger partial charge in [0.25, 0.3) is 5.91 Å². The maximum Gasteiger partial charge on any atom is 0.290 e. The average molecular weight is 732 g/mol. The standard InChI is InChI=1S/C36H45N9O8/c37-36(38)39-16-4-8-26-31(49)34(52)44-27(19-22-6-2-1-3-7-22)32(50)42-24(18-23-10-13-25(47)14-11-23)12-15-30(48)40-20-28(41-21-46)35(53)45-17-5-9-29(45)33(51)43-26/h1-3,6-7,10-15,21,24,26-29,47H,4-5,8-9,16-20H2,(H,40,48)(H,41,46)(H,42,50)(H,43,51)(H,44,52)(H4,37,38,39)/b15-12+/t24-,26?,27-,28+,29+/m1/s1. The maximum atomic E-state index is 13.9. The number of fused-ring (bicyclic) bond motifs is 1. The van der Waals surface area contributed by atoms with Crippen LogP contribution in [-0.4, -0.2) is 108 Å². The van der Waals surface area contributed by atoms with Gasteiger partial charge in [-0.2, -0.15) is 0 Å². The molecule has 53 heavy (non-hydrogen) atoms. The van der Waals surface area contributed by atoms with E-state index in [1.54, 1.807) is 42.5 Å². The molecular formula is C36H45N9O8. The molecule has 17 nitrogen and oxygen atoms in total. The highest BCUT2D eigenvalue weighted by Gasteiger charge is 2.39. The number of carbonyl (C=O) groups excluding carboxylic acids is 7. The second-order valence-electron chi connectivity index (χ2n) is 12.7. The number of ketones is 1. The Morgan fingerprint density at radius 3 is 2.32 bits per heavy atom. The number of nitrogens with one attached hydrogen (secondary N) is 5. The van der Waals surface area contributed by atoms with Gasteiger partial charge < -0.3 is 48.1 Å². The van der Waals surface area contributed by atoms with Crippen molar-refractivity contribution in [1.82, 2.24) is 31.5 Å². The van der Waals surface area contributed by atoms with E-state index in [-0.39, 0.29) is 63.4 Å².